The summed E-state index contributed by atoms with van der Waals surface area (Å²) in [6, 6.07) is 6.53. The van der Waals surface area contributed by atoms with Gasteiger partial charge in [0.05, 0.1) is 5.56 Å². The van der Waals surface area contributed by atoms with Gasteiger partial charge in [-0.25, -0.2) is 9.59 Å². The topological polar surface area (TPSA) is 72.9 Å². The van der Waals surface area contributed by atoms with E-state index >= 15 is 0 Å². The highest BCUT2D eigenvalue weighted by molar-refractivity contribution is 5.87. The van der Waals surface area contributed by atoms with Crippen molar-refractivity contribution in [3.63, 3.8) is 0 Å². The summed E-state index contributed by atoms with van der Waals surface area (Å²) in [5, 5.41) is 11.8. The number of amides is 2. The first-order valence-electron chi connectivity index (χ1n) is 7.10. The van der Waals surface area contributed by atoms with Crippen molar-refractivity contribution in [2.24, 2.45) is 0 Å². The van der Waals surface area contributed by atoms with Crippen molar-refractivity contribution in [1.29, 1.82) is 0 Å². The Morgan fingerprint density at radius 1 is 1.24 bits per heavy atom. The molecule has 1 aliphatic heterocycles. The smallest absolute Gasteiger partial charge is 0.335 e. The van der Waals surface area contributed by atoms with Crippen molar-refractivity contribution < 1.29 is 14.7 Å². The zero-order valence-electron chi connectivity index (χ0n) is 12.2. The molecule has 0 unspecified atom stereocenters. The number of carboxylic acids is 1. The maximum atomic E-state index is 12.1. The number of aromatic carboxylic acids is 1. The van der Waals surface area contributed by atoms with Crippen LogP contribution in [0, 0.1) is 0 Å². The summed E-state index contributed by atoms with van der Waals surface area (Å²) in [4.78, 5) is 27.1. The summed E-state index contributed by atoms with van der Waals surface area (Å²) in [5.74, 6) is -0.960. The summed E-state index contributed by atoms with van der Waals surface area (Å²) in [6.45, 7) is 3.70. The Morgan fingerprint density at radius 3 is 2.81 bits per heavy atom. The number of rotatable bonds is 3. The standard InChI is InChI=1S/C15H21N3O3/c1-17-6-3-7-18(9-8-17)15(21)16-11-12-4-2-5-13(10-12)14(19)20/h2,4-5,10H,3,6-9,11H2,1H3,(H,16,21)(H,19,20). The Morgan fingerprint density at radius 2 is 2.05 bits per heavy atom. The molecule has 0 radical (unpaired) electrons. The van der Waals surface area contributed by atoms with Crippen LogP contribution in [-0.4, -0.2) is 60.1 Å². The highest BCUT2D eigenvalue weighted by Gasteiger charge is 2.16. The Bertz CT molecular complexity index is 519. The minimum absolute atomic E-state index is 0.0916. The van der Waals surface area contributed by atoms with E-state index in [4.69, 9.17) is 5.11 Å². The molecule has 21 heavy (non-hydrogen) atoms. The van der Waals surface area contributed by atoms with E-state index < -0.39 is 5.97 Å². The van der Waals surface area contributed by atoms with Gasteiger partial charge in [0.2, 0.25) is 0 Å². The maximum Gasteiger partial charge on any atom is 0.335 e. The first kappa shape index (κ1) is 15.3. The number of nitrogens with zero attached hydrogens (tertiary/aromatic N) is 2. The SMILES string of the molecule is CN1CCCN(C(=O)NCc2cccc(C(=O)O)c2)CC1. The number of hydrogen-bond donors (Lipinski definition) is 2. The van der Waals surface area contributed by atoms with Crippen LogP contribution >= 0.6 is 0 Å². The number of urea groups is 1. The fourth-order valence-electron chi connectivity index (χ4n) is 2.35. The molecule has 1 aromatic carbocycles. The van der Waals surface area contributed by atoms with Crippen molar-refractivity contribution in [2.75, 3.05) is 33.2 Å². The van der Waals surface area contributed by atoms with Crippen LogP contribution in [-0.2, 0) is 6.54 Å². The molecule has 0 saturated carbocycles. The van der Waals surface area contributed by atoms with Crippen LogP contribution in [0.4, 0.5) is 4.79 Å². The second-order valence-electron chi connectivity index (χ2n) is 5.31. The second kappa shape index (κ2) is 7.08. The molecule has 1 aromatic rings. The fraction of sp³-hybridized carbons (Fsp3) is 0.467. The van der Waals surface area contributed by atoms with E-state index in [1.54, 1.807) is 12.1 Å². The van der Waals surface area contributed by atoms with Gasteiger partial charge in [0.1, 0.15) is 0 Å². The first-order valence-corrected chi connectivity index (χ1v) is 7.10. The van der Waals surface area contributed by atoms with Gasteiger partial charge in [-0.05, 0) is 37.7 Å². The zero-order valence-corrected chi connectivity index (χ0v) is 12.2. The summed E-state index contributed by atoms with van der Waals surface area (Å²) in [5.41, 5.74) is 1.02. The number of benzene rings is 1. The molecule has 2 N–H and O–H groups in total. The highest BCUT2D eigenvalue weighted by Crippen LogP contribution is 2.06. The number of carbonyl (C=O) groups excluding carboxylic acids is 1. The van der Waals surface area contributed by atoms with E-state index in [-0.39, 0.29) is 11.6 Å². The summed E-state index contributed by atoms with van der Waals surface area (Å²) in [6.07, 6.45) is 0.971. The van der Waals surface area contributed by atoms with E-state index in [2.05, 4.69) is 17.3 Å². The van der Waals surface area contributed by atoms with Gasteiger partial charge in [-0.2, -0.15) is 0 Å². The Kier molecular flexibility index (Phi) is 5.16. The minimum Gasteiger partial charge on any atom is -0.478 e. The lowest BCUT2D eigenvalue weighted by atomic mass is 10.1. The third-order valence-electron chi connectivity index (χ3n) is 3.62. The molecule has 0 spiro atoms. The molecule has 2 rings (SSSR count). The first-order chi connectivity index (χ1) is 10.1. The van der Waals surface area contributed by atoms with Crippen molar-refractivity contribution in [3.05, 3.63) is 35.4 Å². The third kappa shape index (κ3) is 4.46. The molecule has 1 heterocycles. The van der Waals surface area contributed by atoms with Gasteiger partial charge in [-0.3, -0.25) is 0 Å². The minimum atomic E-state index is -0.960. The van der Waals surface area contributed by atoms with E-state index in [1.807, 2.05) is 11.0 Å². The van der Waals surface area contributed by atoms with Crippen LogP contribution in [0.25, 0.3) is 0 Å². The lowest BCUT2D eigenvalue weighted by Gasteiger charge is -2.21. The number of hydrogen-bond acceptors (Lipinski definition) is 3. The summed E-state index contributed by atoms with van der Waals surface area (Å²) in [7, 11) is 2.05. The molecule has 0 aliphatic carbocycles. The normalized spacial score (nSPS) is 16.3. The van der Waals surface area contributed by atoms with Crippen LogP contribution in [0.3, 0.4) is 0 Å². The van der Waals surface area contributed by atoms with Crippen molar-refractivity contribution >= 4 is 12.0 Å². The van der Waals surface area contributed by atoms with Crippen LogP contribution < -0.4 is 5.32 Å². The average molecular weight is 291 g/mol. The predicted molar refractivity (Wildman–Crippen MR) is 79.3 cm³/mol. The maximum absolute atomic E-state index is 12.1. The van der Waals surface area contributed by atoms with Gasteiger partial charge in [-0.1, -0.05) is 12.1 Å². The molecule has 0 bridgehead atoms. The summed E-state index contributed by atoms with van der Waals surface area (Å²) < 4.78 is 0. The van der Waals surface area contributed by atoms with Crippen LogP contribution in [0.5, 0.6) is 0 Å². The molecule has 114 valence electrons. The van der Waals surface area contributed by atoms with Crippen LogP contribution in [0.2, 0.25) is 0 Å². The molecule has 0 aromatic heterocycles. The number of nitrogens with one attached hydrogen (secondary N) is 1. The fourth-order valence-corrected chi connectivity index (χ4v) is 2.35. The van der Waals surface area contributed by atoms with E-state index in [9.17, 15) is 9.59 Å². The van der Waals surface area contributed by atoms with Gasteiger partial charge in [-0.15, -0.1) is 0 Å². The van der Waals surface area contributed by atoms with Crippen molar-refractivity contribution in [2.45, 2.75) is 13.0 Å². The summed E-state index contributed by atoms with van der Waals surface area (Å²) >= 11 is 0. The van der Waals surface area contributed by atoms with Gasteiger partial charge in [0, 0.05) is 26.2 Å². The molecule has 1 saturated heterocycles. The molecule has 1 aliphatic rings. The predicted octanol–water partition coefficient (Wildman–Crippen LogP) is 1.23. The Balaban J connectivity index is 1.88. The molecular weight excluding hydrogens is 270 g/mol. The second-order valence-corrected chi connectivity index (χ2v) is 5.31. The molecular formula is C15H21N3O3. The third-order valence-corrected chi connectivity index (χ3v) is 3.62. The van der Waals surface area contributed by atoms with E-state index in [0.29, 0.717) is 6.54 Å². The molecule has 1 fully saturated rings. The molecule has 6 heteroatoms. The zero-order chi connectivity index (χ0) is 15.2. The number of likely N-dealkylation sites (N-methyl/N-ethyl adjacent to an activating group) is 1. The highest BCUT2D eigenvalue weighted by atomic mass is 16.4. The van der Waals surface area contributed by atoms with E-state index in [1.165, 1.54) is 6.07 Å². The van der Waals surface area contributed by atoms with E-state index in [0.717, 1.165) is 38.2 Å². The Labute approximate surface area is 124 Å². The quantitative estimate of drug-likeness (QED) is 0.878. The van der Waals surface area contributed by atoms with Crippen LogP contribution in [0.1, 0.15) is 22.3 Å². The lowest BCUT2D eigenvalue weighted by molar-refractivity contribution is 0.0696. The Hall–Kier alpha value is -2.08. The number of carboxylic acid groups (broad SMARTS) is 1. The van der Waals surface area contributed by atoms with Gasteiger partial charge < -0.3 is 20.2 Å². The lowest BCUT2D eigenvalue weighted by Crippen LogP contribution is -2.41. The monoisotopic (exact) mass is 291 g/mol. The average Bonchev–Trinajstić information content (AvgIpc) is 2.70. The van der Waals surface area contributed by atoms with Crippen molar-refractivity contribution in [3.8, 4) is 0 Å². The van der Waals surface area contributed by atoms with Gasteiger partial charge >= 0.3 is 12.0 Å². The largest absolute Gasteiger partial charge is 0.478 e. The van der Waals surface area contributed by atoms with Crippen LogP contribution in [0.15, 0.2) is 24.3 Å². The molecule has 6 nitrogen and oxygen atoms in total. The molecule has 0 atom stereocenters. The van der Waals surface area contributed by atoms with Crippen molar-refractivity contribution in [1.82, 2.24) is 15.1 Å². The van der Waals surface area contributed by atoms with Gasteiger partial charge in [0.25, 0.3) is 0 Å². The number of carbonyl (C=O) groups is 2. The molecule has 2 amide bonds. The van der Waals surface area contributed by atoms with Gasteiger partial charge in [0.15, 0.2) is 0 Å².